The molecule has 0 radical (unpaired) electrons. The second-order valence-electron chi connectivity index (χ2n) is 1.49. The fraction of sp³-hybridized carbons (Fsp3) is 0.600. The first-order valence-electron chi connectivity index (χ1n) is 2.33. The minimum atomic E-state index is -0.514. The third-order valence-electron chi connectivity index (χ3n) is 0.904. The van der Waals surface area contributed by atoms with Gasteiger partial charge in [-0.2, -0.15) is 0 Å². The van der Waals surface area contributed by atoms with E-state index in [1.165, 1.54) is 15.3 Å². The SMILES string of the molecule is BrI1CC=CCC1. The second kappa shape index (κ2) is 3.07. The summed E-state index contributed by atoms with van der Waals surface area (Å²) in [7, 11) is 0. The zero-order valence-electron chi connectivity index (χ0n) is 4.03. The monoisotopic (exact) mass is 274 g/mol. The Bertz CT molecular complexity index is 80.1. The van der Waals surface area contributed by atoms with E-state index in [4.69, 9.17) is 0 Å². The number of hydrogen-bond acceptors (Lipinski definition) is 0. The zero-order valence-corrected chi connectivity index (χ0v) is 7.78. The predicted molar refractivity (Wildman–Crippen MR) is 46.4 cm³/mol. The van der Waals surface area contributed by atoms with Crippen LogP contribution in [0.1, 0.15) is 6.42 Å². The molecule has 0 amide bonds. The van der Waals surface area contributed by atoms with Crippen LogP contribution >= 0.6 is 30.3 Å². The molecule has 7 heavy (non-hydrogen) atoms. The van der Waals surface area contributed by atoms with Gasteiger partial charge in [-0.25, -0.2) is 0 Å². The summed E-state index contributed by atoms with van der Waals surface area (Å²) in [6, 6.07) is 0. The molecule has 0 aliphatic carbocycles. The molecule has 42 valence electrons. The van der Waals surface area contributed by atoms with Crippen molar-refractivity contribution in [1.29, 1.82) is 0 Å². The van der Waals surface area contributed by atoms with Crippen molar-refractivity contribution >= 4 is 30.3 Å². The summed E-state index contributed by atoms with van der Waals surface area (Å²) < 4.78 is 2.85. The molecule has 0 nitrogen and oxygen atoms in total. The molecule has 1 rings (SSSR count). The molecule has 0 aromatic carbocycles. The molecule has 0 saturated heterocycles. The number of alkyl halides is 2. The molecule has 1 heterocycles. The van der Waals surface area contributed by atoms with Crippen molar-refractivity contribution in [2.24, 2.45) is 0 Å². The van der Waals surface area contributed by atoms with E-state index in [9.17, 15) is 0 Å². The molecular weight excluding hydrogens is 267 g/mol. The summed E-state index contributed by atoms with van der Waals surface area (Å²) in [6.07, 6.45) is 5.93. The van der Waals surface area contributed by atoms with E-state index in [0.717, 1.165) is 0 Å². The Balaban J connectivity index is 2.32. The van der Waals surface area contributed by atoms with Crippen molar-refractivity contribution in [3.05, 3.63) is 12.2 Å². The van der Waals surface area contributed by atoms with Gasteiger partial charge in [-0.3, -0.25) is 0 Å². The van der Waals surface area contributed by atoms with Crippen LogP contribution in [0.4, 0.5) is 0 Å². The van der Waals surface area contributed by atoms with E-state index >= 15 is 0 Å². The van der Waals surface area contributed by atoms with Crippen LogP contribution in [0, 0.1) is 0 Å². The average Bonchev–Trinajstić information content (AvgIpc) is 1.69. The van der Waals surface area contributed by atoms with Crippen molar-refractivity contribution in [2.75, 3.05) is 8.86 Å². The number of hydrogen-bond donors (Lipinski definition) is 0. The molecule has 1 aliphatic rings. The van der Waals surface area contributed by atoms with Crippen molar-refractivity contribution in [3.63, 3.8) is 0 Å². The van der Waals surface area contributed by atoms with Crippen molar-refractivity contribution in [3.8, 4) is 0 Å². The van der Waals surface area contributed by atoms with Crippen molar-refractivity contribution in [1.82, 2.24) is 0 Å². The van der Waals surface area contributed by atoms with Crippen LogP contribution in [0.3, 0.4) is 0 Å². The molecule has 0 atom stereocenters. The molecule has 0 fully saturated rings. The van der Waals surface area contributed by atoms with E-state index in [1.807, 2.05) is 0 Å². The maximum atomic E-state index is 3.69. The van der Waals surface area contributed by atoms with Gasteiger partial charge >= 0.3 is 57.7 Å². The third kappa shape index (κ3) is 2.13. The Morgan fingerprint density at radius 3 is 2.57 bits per heavy atom. The average molecular weight is 275 g/mol. The van der Waals surface area contributed by atoms with Gasteiger partial charge in [0.05, 0.1) is 0 Å². The molecule has 0 spiro atoms. The first-order valence-corrected chi connectivity index (χ1v) is 10.2. The standard InChI is InChI=1S/C5H8BrI/c6-7-4-2-1-3-5-7/h1-2H,3-5H2. The topological polar surface area (TPSA) is 0 Å². The Hall–Kier alpha value is 0.950. The molecule has 0 aromatic rings. The molecule has 0 saturated carbocycles. The first kappa shape index (κ1) is 6.08. The van der Waals surface area contributed by atoms with Crippen LogP contribution < -0.4 is 0 Å². The Kier molecular flexibility index (Phi) is 2.67. The number of allylic oxidation sites excluding steroid dienone is 2. The second-order valence-corrected chi connectivity index (χ2v) is 11.4. The quantitative estimate of drug-likeness (QED) is 0.362. The van der Waals surface area contributed by atoms with Gasteiger partial charge in [-0.15, -0.1) is 0 Å². The molecule has 0 unspecified atom stereocenters. The van der Waals surface area contributed by atoms with Crippen LogP contribution in [0.15, 0.2) is 12.2 Å². The predicted octanol–water partition coefficient (Wildman–Crippen LogP) is 2.76. The van der Waals surface area contributed by atoms with Gasteiger partial charge in [0.2, 0.25) is 0 Å². The van der Waals surface area contributed by atoms with E-state index in [2.05, 4.69) is 24.8 Å². The third-order valence-corrected chi connectivity index (χ3v) is 7.81. The summed E-state index contributed by atoms with van der Waals surface area (Å²) in [5, 5.41) is 0. The van der Waals surface area contributed by atoms with Crippen LogP contribution in [0.2, 0.25) is 0 Å². The Morgan fingerprint density at radius 1 is 1.43 bits per heavy atom. The molecular formula is C5H8BrI. The van der Waals surface area contributed by atoms with Crippen LogP contribution in [0.25, 0.3) is 0 Å². The van der Waals surface area contributed by atoms with Gasteiger partial charge in [0.15, 0.2) is 0 Å². The van der Waals surface area contributed by atoms with E-state index < -0.39 is 17.6 Å². The summed E-state index contributed by atoms with van der Waals surface area (Å²) in [5.74, 6) is 0. The normalized spacial score (nSPS) is 25.6. The van der Waals surface area contributed by atoms with Crippen molar-refractivity contribution < 1.29 is 0 Å². The molecule has 0 aromatic heterocycles. The summed E-state index contributed by atoms with van der Waals surface area (Å²) in [6.45, 7) is 0. The van der Waals surface area contributed by atoms with Crippen LogP contribution in [-0.2, 0) is 0 Å². The van der Waals surface area contributed by atoms with E-state index in [-0.39, 0.29) is 0 Å². The van der Waals surface area contributed by atoms with Gasteiger partial charge in [0.1, 0.15) is 0 Å². The van der Waals surface area contributed by atoms with Crippen LogP contribution in [-0.4, -0.2) is 8.86 Å². The van der Waals surface area contributed by atoms with Gasteiger partial charge in [0, 0.05) is 0 Å². The number of rotatable bonds is 0. The number of halogens is 2. The maximum absolute atomic E-state index is 3.69. The zero-order chi connectivity index (χ0) is 5.11. The molecule has 0 bridgehead atoms. The van der Waals surface area contributed by atoms with Crippen molar-refractivity contribution in [2.45, 2.75) is 6.42 Å². The molecule has 1 aliphatic heterocycles. The first-order chi connectivity index (χ1) is 3.39. The Morgan fingerprint density at radius 2 is 2.29 bits per heavy atom. The minimum absolute atomic E-state index is 0.514. The van der Waals surface area contributed by atoms with E-state index in [0.29, 0.717) is 0 Å². The molecule has 0 N–H and O–H groups in total. The fourth-order valence-corrected chi connectivity index (χ4v) is 5.03. The Labute approximate surface area is 57.5 Å². The van der Waals surface area contributed by atoms with Gasteiger partial charge in [0.25, 0.3) is 0 Å². The van der Waals surface area contributed by atoms with Crippen LogP contribution in [0.5, 0.6) is 0 Å². The van der Waals surface area contributed by atoms with Gasteiger partial charge in [-0.05, 0) is 0 Å². The summed E-state index contributed by atoms with van der Waals surface area (Å²) in [4.78, 5) is 0. The summed E-state index contributed by atoms with van der Waals surface area (Å²) >= 11 is 3.18. The fourth-order valence-electron chi connectivity index (χ4n) is 0.536. The molecule has 2 heteroatoms. The van der Waals surface area contributed by atoms with Gasteiger partial charge in [-0.1, -0.05) is 0 Å². The van der Waals surface area contributed by atoms with E-state index in [1.54, 1.807) is 0 Å². The van der Waals surface area contributed by atoms with Gasteiger partial charge < -0.3 is 0 Å². The summed E-state index contributed by atoms with van der Waals surface area (Å²) in [5.41, 5.74) is 0.